The Morgan fingerprint density at radius 3 is 1.33 bits per heavy atom. The van der Waals surface area contributed by atoms with Gasteiger partial charge in [-0.15, -0.1) is 0 Å². The van der Waals surface area contributed by atoms with Crippen LogP contribution in [0.25, 0.3) is 0 Å². The van der Waals surface area contributed by atoms with Crippen LogP contribution in [-0.4, -0.2) is 37.2 Å². The number of allylic oxidation sites excluding steroid dienone is 19. The maximum Gasteiger partial charge on any atom is 0.309 e. The van der Waals surface area contributed by atoms with Gasteiger partial charge in [-0.25, -0.2) is 0 Å². The van der Waals surface area contributed by atoms with Crippen molar-refractivity contribution in [2.45, 2.75) is 187 Å². The zero-order chi connectivity index (χ0) is 43.7. The molecule has 1 atom stereocenters. The molecule has 336 valence electrons. The molecule has 0 bridgehead atoms. The molecule has 0 saturated heterocycles. The summed E-state index contributed by atoms with van der Waals surface area (Å²) in [5.41, 5.74) is 0. The highest BCUT2D eigenvalue weighted by Gasteiger charge is 2.19. The molecule has 0 heterocycles. The predicted octanol–water partition coefficient (Wildman–Crippen LogP) is 15.4. The van der Waals surface area contributed by atoms with Crippen LogP contribution in [0.5, 0.6) is 0 Å². The van der Waals surface area contributed by atoms with E-state index in [9.17, 15) is 14.4 Å². The van der Waals surface area contributed by atoms with Crippen molar-refractivity contribution < 1.29 is 28.6 Å². The third-order valence-electron chi connectivity index (χ3n) is 9.34. The highest BCUT2D eigenvalue weighted by Crippen LogP contribution is 2.12. The molecular weight excluding hydrogens is 745 g/mol. The summed E-state index contributed by atoms with van der Waals surface area (Å²) in [6.45, 7) is 6.24. The summed E-state index contributed by atoms with van der Waals surface area (Å²) in [5.74, 6) is -1.10. The topological polar surface area (TPSA) is 78.9 Å². The molecule has 0 aliphatic rings. The van der Waals surface area contributed by atoms with Crippen molar-refractivity contribution >= 4 is 17.9 Å². The fourth-order valence-electron chi connectivity index (χ4n) is 5.82. The summed E-state index contributed by atoms with van der Waals surface area (Å²) in [6, 6.07) is 0. The van der Waals surface area contributed by atoms with Gasteiger partial charge in [-0.2, -0.15) is 0 Å². The molecule has 0 saturated carbocycles. The summed E-state index contributed by atoms with van der Waals surface area (Å²) >= 11 is 0. The van der Waals surface area contributed by atoms with E-state index in [2.05, 4.69) is 93.7 Å². The first-order chi connectivity index (χ1) is 29.5. The molecule has 0 radical (unpaired) electrons. The van der Waals surface area contributed by atoms with Crippen LogP contribution < -0.4 is 0 Å². The molecule has 6 nitrogen and oxygen atoms in total. The minimum atomic E-state index is -0.832. The van der Waals surface area contributed by atoms with Gasteiger partial charge in [0.2, 0.25) is 0 Å². The Labute approximate surface area is 367 Å². The Morgan fingerprint density at radius 1 is 0.383 bits per heavy atom. The minimum absolute atomic E-state index is 0.122. The average molecular weight is 829 g/mol. The van der Waals surface area contributed by atoms with Gasteiger partial charge < -0.3 is 14.2 Å². The van der Waals surface area contributed by atoms with E-state index in [1.54, 1.807) is 6.08 Å². The smallest absolute Gasteiger partial charge is 0.309 e. The molecule has 0 aliphatic heterocycles. The first-order valence-corrected chi connectivity index (χ1v) is 23.6. The first kappa shape index (κ1) is 55.8. The zero-order valence-electron chi connectivity index (χ0n) is 38.2. The van der Waals surface area contributed by atoms with Crippen LogP contribution in [0.4, 0.5) is 0 Å². The molecule has 1 unspecified atom stereocenters. The third-order valence-corrected chi connectivity index (χ3v) is 9.34. The summed E-state index contributed by atoms with van der Waals surface area (Å²) in [4.78, 5) is 37.7. The predicted molar refractivity (Wildman–Crippen MR) is 256 cm³/mol. The zero-order valence-corrected chi connectivity index (χ0v) is 38.2. The second-order valence-electron chi connectivity index (χ2n) is 15.1. The van der Waals surface area contributed by atoms with Crippen LogP contribution in [0.2, 0.25) is 0 Å². The van der Waals surface area contributed by atoms with Crippen LogP contribution in [0.3, 0.4) is 0 Å². The van der Waals surface area contributed by atoms with Crippen molar-refractivity contribution in [2.75, 3.05) is 13.2 Å². The summed E-state index contributed by atoms with van der Waals surface area (Å²) in [6.07, 6.45) is 64.9. The number of ether oxygens (including phenoxy) is 3. The van der Waals surface area contributed by atoms with Crippen molar-refractivity contribution in [3.8, 4) is 0 Å². The van der Waals surface area contributed by atoms with Crippen LogP contribution in [-0.2, 0) is 28.6 Å². The number of unbranched alkanes of at least 4 members (excludes halogenated alkanes) is 15. The molecule has 0 fully saturated rings. The highest BCUT2D eigenvalue weighted by atomic mass is 16.6. The van der Waals surface area contributed by atoms with Gasteiger partial charge in [-0.05, 0) is 77.0 Å². The lowest BCUT2D eigenvalue weighted by Crippen LogP contribution is -2.30. The number of esters is 3. The summed E-state index contributed by atoms with van der Waals surface area (Å²) in [5, 5.41) is 0. The van der Waals surface area contributed by atoms with Gasteiger partial charge in [-0.1, -0.05) is 206 Å². The standard InChI is InChI=1S/C54H84O6/c1-4-7-10-13-16-19-21-23-25-26-27-29-30-32-35-38-41-44-47-53(56)59-50-51(49-58-52(55)46-43-40-37-34-18-15-12-9-6-3)60-54(57)48-45-42-39-36-33-31-28-24-22-20-17-14-11-8-5-2/h9-10,12-13,16-27,29,34,40,43,51H,4-8,11,14-15,28,30-33,35-39,41-42,44-50H2,1-3H3/b12-9-,13-10-,19-16-,20-17-,23-21-,24-22-,26-25-,29-27-,34-18-,43-40-. The summed E-state index contributed by atoms with van der Waals surface area (Å²) < 4.78 is 16.6. The maximum atomic E-state index is 12.7. The van der Waals surface area contributed by atoms with Gasteiger partial charge in [0.15, 0.2) is 6.10 Å². The van der Waals surface area contributed by atoms with Gasteiger partial charge in [0, 0.05) is 12.8 Å². The molecule has 0 spiro atoms. The fourth-order valence-corrected chi connectivity index (χ4v) is 5.82. The molecule has 60 heavy (non-hydrogen) atoms. The Hall–Kier alpha value is -4.19. The quantitative estimate of drug-likeness (QED) is 0.0201. The molecular formula is C54H84O6. The van der Waals surface area contributed by atoms with E-state index in [4.69, 9.17) is 14.2 Å². The van der Waals surface area contributed by atoms with Crippen LogP contribution in [0.15, 0.2) is 122 Å². The van der Waals surface area contributed by atoms with E-state index < -0.39 is 12.1 Å². The molecule has 0 aromatic heterocycles. The van der Waals surface area contributed by atoms with Crippen molar-refractivity contribution in [2.24, 2.45) is 0 Å². The summed E-state index contributed by atoms with van der Waals surface area (Å²) in [7, 11) is 0. The Morgan fingerprint density at radius 2 is 0.800 bits per heavy atom. The van der Waals surface area contributed by atoms with E-state index in [0.29, 0.717) is 6.42 Å². The van der Waals surface area contributed by atoms with Crippen molar-refractivity contribution in [3.63, 3.8) is 0 Å². The lowest BCUT2D eigenvalue weighted by molar-refractivity contribution is -0.166. The van der Waals surface area contributed by atoms with Crippen molar-refractivity contribution in [3.05, 3.63) is 122 Å². The minimum Gasteiger partial charge on any atom is -0.462 e. The SMILES string of the molecule is CC/C=C\C/C=C\C/C=C\CC(=O)OCC(COC(=O)CCCCCCC\C=C/C=C\C=C/C=C\C=C/CCC)OC(=O)CCCCCCCC/C=C\C=C/CCCCC. The van der Waals surface area contributed by atoms with Crippen LogP contribution in [0, 0.1) is 0 Å². The van der Waals surface area contributed by atoms with Gasteiger partial charge in [0.25, 0.3) is 0 Å². The number of carbonyl (C=O) groups excluding carboxylic acids is 3. The van der Waals surface area contributed by atoms with Crippen molar-refractivity contribution in [1.82, 2.24) is 0 Å². The molecule has 0 aromatic carbocycles. The lowest BCUT2D eigenvalue weighted by atomic mass is 10.1. The third kappa shape index (κ3) is 44.9. The molecule has 0 aliphatic carbocycles. The van der Waals surface area contributed by atoms with Crippen LogP contribution >= 0.6 is 0 Å². The fraction of sp³-hybridized carbons (Fsp3) is 0.574. The van der Waals surface area contributed by atoms with E-state index >= 15 is 0 Å². The number of hydrogen-bond donors (Lipinski definition) is 0. The van der Waals surface area contributed by atoms with Crippen LogP contribution in [0.1, 0.15) is 181 Å². The molecule has 0 rings (SSSR count). The molecule has 0 amide bonds. The normalized spacial score (nSPS) is 13.2. The Kier molecular flexibility index (Phi) is 44.2. The van der Waals surface area contributed by atoms with E-state index in [0.717, 1.165) is 103 Å². The van der Waals surface area contributed by atoms with Gasteiger partial charge in [-0.3, -0.25) is 14.4 Å². The van der Waals surface area contributed by atoms with Gasteiger partial charge >= 0.3 is 17.9 Å². The van der Waals surface area contributed by atoms with Crippen molar-refractivity contribution in [1.29, 1.82) is 0 Å². The number of hydrogen-bond acceptors (Lipinski definition) is 6. The lowest BCUT2D eigenvalue weighted by Gasteiger charge is -2.18. The largest absolute Gasteiger partial charge is 0.462 e. The monoisotopic (exact) mass is 829 g/mol. The maximum absolute atomic E-state index is 12.7. The number of carbonyl (C=O) groups is 3. The molecule has 0 N–H and O–H groups in total. The average Bonchev–Trinajstić information content (AvgIpc) is 3.24. The van der Waals surface area contributed by atoms with E-state index in [-0.39, 0.29) is 38.0 Å². The molecule has 0 aromatic rings. The highest BCUT2D eigenvalue weighted by molar-refractivity contribution is 5.72. The Balaban J connectivity index is 4.51. The van der Waals surface area contributed by atoms with E-state index in [1.165, 1.54) is 38.5 Å². The Bertz CT molecular complexity index is 1320. The van der Waals surface area contributed by atoms with Gasteiger partial charge in [0.05, 0.1) is 6.42 Å². The second kappa shape index (κ2) is 47.5. The second-order valence-corrected chi connectivity index (χ2v) is 15.1. The molecule has 6 heteroatoms. The van der Waals surface area contributed by atoms with Gasteiger partial charge in [0.1, 0.15) is 13.2 Å². The first-order valence-electron chi connectivity index (χ1n) is 23.6. The number of rotatable bonds is 40. The van der Waals surface area contributed by atoms with E-state index in [1.807, 2.05) is 42.5 Å².